The summed E-state index contributed by atoms with van der Waals surface area (Å²) in [6, 6.07) is 16.8. The number of benzene rings is 2. The lowest BCUT2D eigenvalue weighted by Crippen LogP contribution is -2.51. The van der Waals surface area contributed by atoms with Crippen molar-refractivity contribution in [2.45, 2.75) is 25.9 Å². The topological polar surface area (TPSA) is 24.5 Å². The Kier molecular flexibility index (Phi) is 3.50. The second-order valence-electron chi connectivity index (χ2n) is 6.12. The van der Waals surface area contributed by atoms with E-state index in [-0.39, 0.29) is 5.54 Å². The molecule has 1 heterocycles. The Balaban J connectivity index is 1.91. The van der Waals surface area contributed by atoms with Crippen molar-refractivity contribution in [1.29, 1.82) is 0 Å². The summed E-state index contributed by atoms with van der Waals surface area (Å²) in [5, 5.41) is 3.53. The van der Waals surface area contributed by atoms with E-state index < -0.39 is 0 Å². The van der Waals surface area contributed by atoms with E-state index in [0.717, 1.165) is 18.8 Å². The summed E-state index contributed by atoms with van der Waals surface area (Å²) in [4.78, 5) is 2.47. The molecule has 2 aromatic carbocycles. The first kappa shape index (κ1) is 13.8. The molecule has 0 aromatic heterocycles. The molecule has 0 fully saturated rings. The zero-order valence-corrected chi connectivity index (χ0v) is 12.9. The van der Waals surface area contributed by atoms with E-state index in [9.17, 15) is 0 Å². The Hall–Kier alpha value is -2.16. The molecular formula is C18H22N2O. The highest BCUT2D eigenvalue weighted by atomic mass is 16.5. The van der Waals surface area contributed by atoms with Crippen LogP contribution < -0.4 is 15.0 Å². The minimum absolute atomic E-state index is 0.0777. The third-order valence-corrected chi connectivity index (χ3v) is 4.14. The van der Waals surface area contributed by atoms with Gasteiger partial charge in [0, 0.05) is 13.1 Å². The van der Waals surface area contributed by atoms with Crippen LogP contribution in [0.3, 0.4) is 0 Å². The van der Waals surface area contributed by atoms with Crippen LogP contribution in [-0.4, -0.2) is 19.2 Å². The van der Waals surface area contributed by atoms with Crippen LogP contribution in [0.2, 0.25) is 0 Å². The summed E-state index contributed by atoms with van der Waals surface area (Å²) in [5.41, 5.74) is 3.85. The summed E-state index contributed by atoms with van der Waals surface area (Å²) in [7, 11) is 1.70. The number of para-hydroxylation sites is 2. The number of hydrogen-bond donors (Lipinski definition) is 1. The molecule has 0 atom stereocenters. The predicted molar refractivity (Wildman–Crippen MR) is 88.2 cm³/mol. The Morgan fingerprint density at radius 1 is 1.10 bits per heavy atom. The van der Waals surface area contributed by atoms with Crippen molar-refractivity contribution in [2.24, 2.45) is 0 Å². The van der Waals surface area contributed by atoms with Gasteiger partial charge < -0.3 is 15.0 Å². The highest BCUT2D eigenvalue weighted by Crippen LogP contribution is 2.36. The van der Waals surface area contributed by atoms with Crippen LogP contribution in [0, 0.1) is 0 Å². The summed E-state index contributed by atoms with van der Waals surface area (Å²) in [5.74, 6) is 0.902. The van der Waals surface area contributed by atoms with Crippen molar-refractivity contribution in [2.75, 3.05) is 23.9 Å². The SMILES string of the molecule is COc1ccc(CN2c3ccccc3NCC2(C)C)cc1. The van der Waals surface area contributed by atoms with Crippen molar-refractivity contribution in [3.63, 3.8) is 0 Å². The molecule has 3 heteroatoms. The van der Waals surface area contributed by atoms with Gasteiger partial charge in [-0.2, -0.15) is 0 Å². The third kappa shape index (κ3) is 2.68. The van der Waals surface area contributed by atoms with Gasteiger partial charge in [0.15, 0.2) is 0 Å². The first-order valence-corrected chi connectivity index (χ1v) is 7.34. The Labute approximate surface area is 126 Å². The average molecular weight is 282 g/mol. The number of rotatable bonds is 3. The van der Waals surface area contributed by atoms with E-state index >= 15 is 0 Å². The number of hydrogen-bond acceptors (Lipinski definition) is 3. The predicted octanol–water partition coefficient (Wildman–Crippen LogP) is 3.91. The molecule has 1 aliphatic heterocycles. The molecule has 0 spiro atoms. The number of fused-ring (bicyclic) bond motifs is 1. The van der Waals surface area contributed by atoms with Gasteiger partial charge in [0.1, 0.15) is 5.75 Å². The molecule has 1 aliphatic rings. The number of nitrogens with zero attached hydrogens (tertiary/aromatic N) is 1. The quantitative estimate of drug-likeness (QED) is 0.924. The molecule has 0 saturated carbocycles. The molecule has 0 saturated heterocycles. The van der Waals surface area contributed by atoms with Gasteiger partial charge in [-0.25, -0.2) is 0 Å². The summed E-state index contributed by atoms with van der Waals surface area (Å²) < 4.78 is 5.23. The van der Waals surface area contributed by atoms with Crippen molar-refractivity contribution >= 4 is 11.4 Å². The first-order chi connectivity index (χ1) is 10.1. The maximum Gasteiger partial charge on any atom is 0.118 e. The van der Waals surface area contributed by atoms with E-state index in [0.29, 0.717) is 0 Å². The van der Waals surface area contributed by atoms with Gasteiger partial charge in [0.05, 0.1) is 24.0 Å². The van der Waals surface area contributed by atoms with Gasteiger partial charge in [-0.1, -0.05) is 24.3 Å². The highest BCUT2D eigenvalue weighted by molar-refractivity contribution is 5.73. The molecule has 0 amide bonds. The van der Waals surface area contributed by atoms with Crippen LogP contribution in [0.15, 0.2) is 48.5 Å². The fourth-order valence-corrected chi connectivity index (χ4v) is 2.80. The van der Waals surface area contributed by atoms with E-state index in [1.54, 1.807) is 7.11 Å². The van der Waals surface area contributed by atoms with E-state index in [4.69, 9.17) is 4.74 Å². The molecule has 0 aliphatic carbocycles. The molecule has 3 rings (SSSR count). The smallest absolute Gasteiger partial charge is 0.118 e. The number of anilines is 2. The fraction of sp³-hybridized carbons (Fsp3) is 0.333. The summed E-state index contributed by atoms with van der Waals surface area (Å²) in [6.45, 7) is 6.40. The van der Waals surface area contributed by atoms with Crippen LogP contribution in [0.1, 0.15) is 19.4 Å². The molecule has 21 heavy (non-hydrogen) atoms. The molecule has 110 valence electrons. The lowest BCUT2D eigenvalue weighted by molar-refractivity contribution is 0.414. The fourth-order valence-electron chi connectivity index (χ4n) is 2.80. The molecular weight excluding hydrogens is 260 g/mol. The van der Waals surface area contributed by atoms with E-state index in [1.807, 2.05) is 12.1 Å². The summed E-state index contributed by atoms with van der Waals surface area (Å²) >= 11 is 0. The van der Waals surface area contributed by atoms with Gasteiger partial charge >= 0.3 is 0 Å². The van der Waals surface area contributed by atoms with Gasteiger partial charge in [-0.3, -0.25) is 0 Å². The zero-order chi connectivity index (χ0) is 14.9. The molecule has 2 aromatic rings. The Morgan fingerprint density at radius 2 is 1.81 bits per heavy atom. The minimum atomic E-state index is 0.0777. The second-order valence-corrected chi connectivity index (χ2v) is 6.12. The minimum Gasteiger partial charge on any atom is -0.497 e. The molecule has 3 nitrogen and oxygen atoms in total. The lowest BCUT2D eigenvalue weighted by atomic mass is 9.96. The number of ether oxygens (including phenoxy) is 1. The molecule has 0 radical (unpaired) electrons. The van der Waals surface area contributed by atoms with Crippen LogP contribution in [0.5, 0.6) is 5.75 Å². The Morgan fingerprint density at radius 3 is 2.52 bits per heavy atom. The highest BCUT2D eigenvalue weighted by Gasteiger charge is 2.32. The van der Waals surface area contributed by atoms with E-state index in [1.165, 1.54) is 16.9 Å². The van der Waals surface area contributed by atoms with Crippen LogP contribution >= 0.6 is 0 Å². The van der Waals surface area contributed by atoms with Crippen molar-refractivity contribution < 1.29 is 4.74 Å². The van der Waals surface area contributed by atoms with E-state index in [2.05, 4.69) is 60.5 Å². The molecule has 0 bridgehead atoms. The van der Waals surface area contributed by atoms with Crippen molar-refractivity contribution in [3.05, 3.63) is 54.1 Å². The maximum atomic E-state index is 5.23. The van der Waals surface area contributed by atoms with Gasteiger partial charge in [0.2, 0.25) is 0 Å². The summed E-state index contributed by atoms with van der Waals surface area (Å²) in [6.07, 6.45) is 0. The van der Waals surface area contributed by atoms with Crippen LogP contribution in [-0.2, 0) is 6.54 Å². The first-order valence-electron chi connectivity index (χ1n) is 7.34. The van der Waals surface area contributed by atoms with Gasteiger partial charge in [-0.15, -0.1) is 0 Å². The standard InChI is InChI=1S/C18H22N2O/c1-18(2)13-19-16-6-4-5-7-17(16)20(18)12-14-8-10-15(21-3)11-9-14/h4-11,19H,12-13H2,1-3H3. The molecule has 1 N–H and O–H groups in total. The van der Waals surface area contributed by atoms with Crippen molar-refractivity contribution in [3.8, 4) is 5.75 Å². The largest absolute Gasteiger partial charge is 0.497 e. The van der Waals surface area contributed by atoms with Gasteiger partial charge in [-0.05, 0) is 43.7 Å². The van der Waals surface area contributed by atoms with Crippen molar-refractivity contribution in [1.82, 2.24) is 0 Å². The monoisotopic (exact) mass is 282 g/mol. The average Bonchev–Trinajstić information content (AvgIpc) is 2.51. The molecule has 0 unspecified atom stereocenters. The van der Waals surface area contributed by atoms with Crippen LogP contribution in [0.4, 0.5) is 11.4 Å². The zero-order valence-electron chi connectivity index (χ0n) is 12.9. The van der Waals surface area contributed by atoms with Crippen LogP contribution in [0.25, 0.3) is 0 Å². The van der Waals surface area contributed by atoms with Gasteiger partial charge in [0.25, 0.3) is 0 Å². The third-order valence-electron chi connectivity index (χ3n) is 4.14. The lowest BCUT2D eigenvalue weighted by Gasteiger charge is -2.45. The maximum absolute atomic E-state index is 5.23. The Bertz CT molecular complexity index is 619. The second kappa shape index (κ2) is 5.32. The number of methoxy groups -OCH3 is 1. The normalized spacial score (nSPS) is 16.0. The number of nitrogens with one attached hydrogen (secondary N) is 1.